The summed E-state index contributed by atoms with van der Waals surface area (Å²) in [5, 5.41) is 23.1. The summed E-state index contributed by atoms with van der Waals surface area (Å²) in [5.41, 5.74) is 0. The first-order chi connectivity index (χ1) is 34.5. The summed E-state index contributed by atoms with van der Waals surface area (Å²) in [6.45, 7) is 4.93. The predicted molar refractivity (Wildman–Crippen MR) is 306 cm³/mol. The lowest BCUT2D eigenvalue weighted by Gasteiger charge is -2.20. The number of allylic oxidation sites excluding steroid dienone is 1. The molecule has 0 heterocycles. The molecule has 0 saturated heterocycles. The Hall–Kier alpha value is -1.40. The first-order valence-corrected chi connectivity index (χ1v) is 32.0. The van der Waals surface area contributed by atoms with Gasteiger partial charge in [0.05, 0.1) is 25.4 Å². The average Bonchev–Trinajstić information content (AvgIpc) is 3.36. The smallest absolute Gasteiger partial charge is 0.305 e. The van der Waals surface area contributed by atoms with Crippen molar-refractivity contribution in [2.75, 3.05) is 13.2 Å². The van der Waals surface area contributed by atoms with Crippen LogP contribution in [0, 0.1) is 0 Å². The Kier molecular flexibility index (Phi) is 59.0. The van der Waals surface area contributed by atoms with E-state index in [0.717, 1.165) is 38.5 Å². The molecule has 0 spiro atoms. The second-order valence-corrected chi connectivity index (χ2v) is 22.1. The molecule has 0 saturated carbocycles. The highest BCUT2D eigenvalue weighted by Gasteiger charge is 2.18. The SMILES string of the molecule is CCCCCCCCCCCCCCC/C=C/C(O)C(CO)NC(=O)CCCCCCCCCCCCCCCCCCCCCCCCCCCCCOC(=O)CCCCCCCCCCCCC. The van der Waals surface area contributed by atoms with E-state index in [1.807, 2.05) is 6.08 Å². The van der Waals surface area contributed by atoms with Crippen molar-refractivity contribution in [2.24, 2.45) is 0 Å². The van der Waals surface area contributed by atoms with Crippen LogP contribution < -0.4 is 5.32 Å². The maximum absolute atomic E-state index is 12.5. The molecule has 0 aromatic carbocycles. The van der Waals surface area contributed by atoms with Gasteiger partial charge in [-0.2, -0.15) is 0 Å². The van der Waals surface area contributed by atoms with Gasteiger partial charge in [-0.15, -0.1) is 0 Å². The van der Waals surface area contributed by atoms with Crippen LogP contribution in [-0.4, -0.2) is 47.4 Å². The van der Waals surface area contributed by atoms with Crippen molar-refractivity contribution in [1.82, 2.24) is 5.32 Å². The maximum atomic E-state index is 12.5. The first-order valence-electron chi connectivity index (χ1n) is 32.0. The van der Waals surface area contributed by atoms with E-state index >= 15 is 0 Å². The quantitative estimate of drug-likeness (QED) is 0.0321. The molecule has 0 aliphatic rings. The molecule has 1 amide bonds. The fraction of sp³-hybridized carbons (Fsp3) is 0.938. The van der Waals surface area contributed by atoms with Crippen molar-refractivity contribution in [3.63, 3.8) is 0 Å². The molecule has 6 nitrogen and oxygen atoms in total. The summed E-state index contributed by atoms with van der Waals surface area (Å²) in [7, 11) is 0. The van der Waals surface area contributed by atoms with E-state index in [1.54, 1.807) is 6.08 Å². The third-order valence-electron chi connectivity index (χ3n) is 15.1. The molecular weight excluding hydrogens is 863 g/mol. The van der Waals surface area contributed by atoms with Crippen LogP contribution in [0.15, 0.2) is 12.2 Å². The predicted octanol–water partition coefficient (Wildman–Crippen LogP) is 20.0. The van der Waals surface area contributed by atoms with Crippen molar-refractivity contribution in [3.05, 3.63) is 12.2 Å². The van der Waals surface area contributed by atoms with Gasteiger partial charge in [0.25, 0.3) is 0 Å². The van der Waals surface area contributed by atoms with Crippen LogP contribution in [0.25, 0.3) is 0 Å². The molecule has 70 heavy (non-hydrogen) atoms. The Morgan fingerprint density at radius 1 is 0.386 bits per heavy atom. The van der Waals surface area contributed by atoms with Gasteiger partial charge >= 0.3 is 5.97 Å². The van der Waals surface area contributed by atoms with Crippen molar-refractivity contribution in [2.45, 2.75) is 373 Å². The minimum Gasteiger partial charge on any atom is -0.466 e. The second-order valence-electron chi connectivity index (χ2n) is 22.1. The number of rotatable bonds is 60. The molecule has 2 atom stereocenters. The molecular formula is C64H125NO5. The van der Waals surface area contributed by atoms with Crippen LogP contribution in [0.4, 0.5) is 0 Å². The van der Waals surface area contributed by atoms with Crippen LogP contribution in [-0.2, 0) is 14.3 Å². The third kappa shape index (κ3) is 55.9. The highest BCUT2D eigenvalue weighted by Crippen LogP contribution is 2.18. The zero-order chi connectivity index (χ0) is 50.7. The Morgan fingerprint density at radius 3 is 0.971 bits per heavy atom. The average molecular weight is 989 g/mol. The van der Waals surface area contributed by atoms with Crippen LogP contribution in [0.1, 0.15) is 361 Å². The van der Waals surface area contributed by atoms with Gasteiger partial charge in [-0.05, 0) is 32.1 Å². The van der Waals surface area contributed by atoms with E-state index in [9.17, 15) is 19.8 Å². The first kappa shape index (κ1) is 68.6. The summed E-state index contributed by atoms with van der Waals surface area (Å²) < 4.78 is 5.47. The number of ether oxygens (including phenoxy) is 1. The van der Waals surface area contributed by atoms with Crippen molar-refractivity contribution >= 4 is 11.9 Å². The molecule has 0 aliphatic heterocycles. The highest BCUT2D eigenvalue weighted by atomic mass is 16.5. The summed E-state index contributed by atoms with van der Waals surface area (Å²) in [5.74, 6) is -0.0449. The molecule has 0 aromatic rings. The molecule has 0 rings (SSSR count). The van der Waals surface area contributed by atoms with Crippen LogP contribution in [0.5, 0.6) is 0 Å². The van der Waals surface area contributed by atoms with E-state index < -0.39 is 12.1 Å². The number of amides is 1. The fourth-order valence-electron chi connectivity index (χ4n) is 10.2. The molecule has 2 unspecified atom stereocenters. The monoisotopic (exact) mass is 988 g/mol. The number of aliphatic hydroxyl groups is 2. The lowest BCUT2D eigenvalue weighted by Crippen LogP contribution is -2.45. The van der Waals surface area contributed by atoms with Crippen molar-refractivity contribution in [1.29, 1.82) is 0 Å². The normalized spacial score (nSPS) is 12.6. The third-order valence-corrected chi connectivity index (χ3v) is 15.1. The Balaban J connectivity index is 3.36. The number of aliphatic hydroxyl groups excluding tert-OH is 2. The van der Waals surface area contributed by atoms with E-state index in [0.29, 0.717) is 19.4 Å². The standard InChI is InChI=1S/C64H125NO5/c1-3-5-7-9-11-13-15-16-30-33-37-40-44-48-52-56-62(67)61(60-66)65-63(68)57-53-49-45-41-38-34-31-28-26-24-22-20-18-17-19-21-23-25-27-29-32-35-39-43-47-51-55-59-70-64(69)58-54-50-46-42-36-14-12-10-8-6-4-2/h52,56,61-62,66-67H,3-51,53-55,57-60H2,1-2H3,(H,65,68)/b56-52+. The molecule has 416 valence electrons. The number of nitrogens with one attached hydrogen (secondary N) is 1. The maximum Gasteiger partial charge on any atom is 0.305 e. The van der Waals surface area contributed by atoms with Gasteiger partial charge in [0.15, 0.2) is 0 Å². The highest BCUT2D eigenvalue weighted by molar-refractivity contribution is 5.76. The van der Waals surface area contributed by atoms with Gasteiger partial charge in [-0.3, -0.25) is 9.59 Å². The minimum atomic E-state index is -0.841. The minimum absolute atomic E-state index is 0.0179. The molecule has 0 fully saturated rings. The van der Waals surface area contributed by atoms with Gasteiger partial charge in [-0.1, -0.05) is 328 Å². The summed E-state index contributed by atoms with van der Waals surface area (Å²) in [4.78, 5) is 24.5. The number of carbonyl (C=O) groups excluding carboxylic acids is 2. The van der Waals surface area contributed by atoms with E-state index in [-0.39, 0.29) is 18.5 Å². The number of carbonyl (C=O) groups is 2. The number of hydrogen-bond acceptors (Lipinski definition) is 5. The van der Waals surface area contributed by atoms with E-state index in [2.05, 4.69) is 19.2 Å². The van der Waals surface area contributed by atoms with Crippen LogP contribution >= 0.6 is 0 Å². The van der Waals surface area contributed by atoms with Crippen molar-refractivity contribution < 1.29 is 24.5 Å². The Bertz CT molecular complexity index is 1050. The number of hydrogen-bond donors (Lipinski definition) is 3. The fourth-order valence-corrected chi connectivity index (χ4v) is 10.2. The molecule has 0 aliphatic carbocycles. The van der Waals surface area contributed by atoms with Gasteiger partial charge < -0.3 is 20.3 Å². The molecule has 0 radical (unpaired) electrons. The second kappa shape index (κ2) is 60.2. The number of esters is 1. The largest absolute Gasteiger partial charge is 0.466 e. The topological polar surface area (TPSA) is 95.9 Å². The zero-order valence-corrected chi connectivity index (χ0v) is 47.5. The Labute approximate surface area is 438 Å². The zero-order valence-electron chi connectivity index (χ0n) is 47.5. The summed E-state index contributed by atoms with van der Waals surface area (Å²) in [6, 6.07) is -0.624. The Morgan fingerprint density at radius 2 is 0.657 bits per heavy atom. The van der Waals surface area contributed by atoms with Gasteiger partial charge in [0.1, 0.15) is 0 Å². The van der Waals surface area contributed by atoms with Gasteiger partial charge in [0.2, 0.25) is 5.91 Å². The van der Waals surface area contributed by atoms with Gasteiger partial charge in [-0.25, -0.2) is 0 Å². The number of unbranched alkanes of at least 4 members (excludes halogenated alkanes) is 49. The summed E-state index contributed by atoms with van der Waals surface area (Å²) in [6.07, 6.45) is 72.7. The van der Waals surface area contributed by atoms with Gasteiger partial charge in [0, 0.05) is 12.8 Å². The van der Waals surface area contributed by atoms with Crippen LogP contribution in [0.2, 0.25) is 0 Å². The molecule has 0 aromatic heterocycles. The lowest BCUT2D eigenvalue weighted by atomic mass is 10.0. The molecule has 0 bridgehead atoms. The molecule has 3 N–H and O–H groups in total. The van der Waals surface area contributed by atoms with E-state index in [1.165, 1.54) is 295 Å². The lowest BCUT2D eigenvalue weighted by molar-refractivity contribution is -0.143. The summed E-state index contributed by atoms with van der Waals surface area (Å²) >= 11 is 0. The molecule has 6 heteroatoms. The van der Waals surface area contributed by atoms with E-state index in [4.69, 9.17) is 4.74 Å². The van der Waals surface area contributed by atoms with Crippen molar-refractivity contribution in [3.8, 4) is 0 Å². The van der Waals surface area contributed by atoms with Crippen LogP contribution in [0.3, 0.4) is 0 Å².